The molecule has 0 saturated carbocycles. The highest BCUT2D eigenvalue weighted by Gasteiger charge is 2.18. The van der Waals surface area contributed by atoms with Crippen LogP contribution in [-0.4, -0.2) is 57.7 Å². The number of nitrogens with zero attached hydrogens (tertiary/aromatic N) is 3. The van der Waals surface area contributed by atoms with Crippen LogP contribution in [0, 0.1) is 11.3 Å². The number of amides is 1. The highest BCUT2D eigenvalue weighted by atomic mass is 32.2. The summed E-state index contributed by atoms with van der Waals surface area (Å²) in [6, 6.07) is 14.1. The molecule has 13 heteroatoms. The quantitative estimate of drug-likeness (QED) is 0.156. The second kappa shape index (κ2) is 12.7. The molecule has 0 atom stereocenters. The van der Waals surface area contributed by atoms with Crippen molar-refractivity contribution in [2.24, 2.45) is 0 Å². The lowest BCUT2D eigenvalue weighted by atomic mass is 10.1. The lowest BCUT2D eigenvalue weighted by Gasteiger charge is -2.14. The van der Waals surface area contributed by atoms with E-state index in [4.69, 9.17) is 18.9 Å². The molecule has 1 amide bonds. The van der Waals surface area contributed by atoms with E-state index in [1.165, 1.54) is 6.08 Å². The molecule has 11 nitrogen and oxygen atoms in total. The van der Waals surface area contributed by atoms with Crippen molar-refractivity contribution >= 4 is 38.3 Å². The van der Waals surface area contributed by atoms with E-state index < -0.39 is 15.7 Å². The number of nitrogens with one attached hydrogen (secondary N) is 1. The first-order valence-corrected chi connectivity index (χ1v) is 13.6. The number of para-hydroxylation sites is 2. The van der Waals surface area contributed by atoms with Crippen LogP contribution in [0.25, 0.3) is 6.08 Å². The molecule has 194 valence electrons. The maximum atomic E-state index is 12.5. The van der Waals surface area contributed by atoms with E-state index in [0.29, 0.717) is 46.5 Å². The Morgan fingerprint density at radius 1 is 1.05 bits per heavy atom. The van der Waals surface area contributed by atoms with Crippen LogP contribution in [0.1, 0.15) is 12.5 Å². The van der Waals surface area contributed by atoms with Crippen LogP contribution < -0.4 is 24.3 Å². The Bertz CT molecular complexity index is 1430. The number of hydrogen-bond donors (Lipinski definition) is 1. The molecule has 3 rings (SSSR count). The molecule has 0 radical (unpaired) electrons. The Labute approximate surface area is 218 Å². The first-order chi connectivity index (χ1) is 17.7. The molecule has 0 aliphatic rings. The van der Waals surface area contributed by atoms with Gasteiger partial charge < -0.3 is 18.9 Å². The number of benzene rings is 2. The average molecular weight is 545 g/mol. The predicted octanol–water partition coefficient (Wildman–Crippen LogP) is 3.35. The maximum Gasteiger partial charge on any atom is 0.268 e. The number of ether oxygens (including phenoxy) is 4. The van der Waals surface area contributed by atoms with E-state index in [-0.39, 0.29) is 28.3 Å². The van der Waals surface area contributed by atoms with Crippen molar-refractivity contribution in [2.45, 2.75) is 11.3 Å². The first kappa shape index (κ1) is 27.4. The van der Waals surface area contributed by atoms with Gasteiger partial charge in [-0.15, -0.1) is 10.2 Å². The Morgan fingerprint density at radius 3 is 2.32 bits per heavy atom. The highest BCUT2D eigenvalue weighted by Crippen LogP contribution is 2.30. The monoisotopic (exact) mass is 544 g/mol. The Morgan fingerprint density at radius 2 is 1.73 bits per heavy atom. The largest absolute Gasteiger partial charge is 0.493 e. The summed E-state index contributed by atoms with van der Waals surface area (Å²) in [5, 5.41) is 19.0. The number of carbonyl (C=O) groups excluding carboxylic acids is 1. The molecular weight excluding hydrogens is 520 g/mol. The van der Waals surface area contributed by atoms with Gasteiger partial charge >= 0.3 is 0 Å². The zero-order chi connectivity index (χ0) is 26.8. The number of anilines is 1. The summed E-state index contributed by atoms with van der Waals surface area (Å²) in [6.45, 7) is 2.68. The third-order valence-electron chi connectivity index (χ3n) is 4.56. The Kier molecular flexibility index (Phi) is 9.42. The van der Waals surface area contributed by atoms with E-state index >= 15 is 0 Å². The molecule has 0 unspecified atom stereocenters. The molecule has 1 N–H and O–H groups in total. The van der Waals surface area contributed by atoms with Crippen LogP contribution in [0.4, 0.5) is 5.13 Å². The van der Waals surface area contributed by atoms with Crippen LogP contribution in [0.3, 0.4) is 0 Å². The lowest BCUT2D eigenvalue weighted by molar-refractivity contribution is -0.112. The Balaban J connectivity index is 1.68. The molecule has 0 fully saturated rings. The zero-order valence-corrected chi connectivity index (χ0v) is 21.9. The van der Waals surface area contributed by atoms with Crippen LogP contribution >= 0.6 is 11.3 Å². The number of hydrogen-bond acceptors (Lipinski definition) is 11. The normalized spacial score (nSPS) is 11.4. The summed E-state index contributed by atoms with van der Waals surface area (Å²) in [7, 11) is -1.99. The number of nitriles is 1. The summed E-state index contributed by atoms with van der Waals surface area (Å²) in [5.41, 5.74) is 0.291. The van der Waals surface area contributed by atoms with E-state index in [0.717, 1.165) is 6.26 Å². The minimum Gasteiger partial charge on any atom is -0.493 e. The molecule has 0 saturated heterocycles. The third-order valence-corrected chi connectivity index (χ3v) is 7.06. The molecule has 0 bridgehead atoms. The maximum absolute atomic E-state index is 12.5. The number of methoxy groups -OCH3 is 1. The van der Waals surface area contributed by atoms with Crippen molar-refractivity contribution in [1.82, 2.24) is 10.2 Å². The number of rotatable bonds is 12. The summed E-state index contributed by atoms with van der Waals surface area (Å²) in [6.07, 6.45) is 2.35. The van der Waals surface area contributed by atoms with Crippen LogP contribution in [0.2, 0.25) is 0 Å². The molecule has 3 aromatic rings. The van der Waals surface area contributed by atoms with Gasteiger partial charge in [0.25, 0.3) is 5.91 Å². The zero-order valence-electron chi connectivity index (χ0n) is 20.3. The fourth-order valence-electron chi connectivity index (χ4n) is 2.93. The third kappa shape index (κ3) is 7.66. The predicted molar refractivity (Wildman–Crippen MR) is 137 cm³/mol. The van der Waals surface area contributed by atoms with Crippen molar-refractivity contribution in [2.75, 3.05) is 38.5 Å². The molecule has 0 aliphatic carbocycles. The minimum atomic E-state index is -3.56. The fourth-order valence-corrected chi connectivity index (χ4v) is 4.44. The van der Waals surface area contributed by atoms with E-state index in [2.05, 4.69) is 15.5 Å². The van der Waals surface area contributed by atoms with Gasteiger partial charge in [-0.25, -0.2) is 8.42 Å². The van der Waals surface area contributed by atoms with Gasteiger partial charge in [-0.2, -0.15) is 5.26 Å². The van der Waals surface area contributed by atoms with Crippen molar-refractivity contribution < 1.29 is 32.2 Å². The van der Waals surface area contributed by atoms with Gasteiger partial charge in [0.1, 0.15) is 24.9 Å². The summed E-state index contributed by atoms with van der Waals surface area (Å²) in [5.74, 6) is 1.35. The number of carbonyl (C=O) groups is 1. The second-order valence-electron chi connectivity index (χ2n) is 7.26. The van der Waals surface area contributed by atoms with Gasteiger partial charge in [-0.3, -0.25) is 10.1 Å². The van der Waals surface area contributed by atoms with Gasteiger partial charge in [0, 0.05) is 6.26 Å². The Hall–Kier alpha value is -4.15. The van der Waals surface area contributed by atoms with Gasteiger partial charge in [0.05, 0.1) is 13.7 Å². The molecule has 1 aromatic heterocycles. The number of sulfone groups is 1. The van der Waals surface area contributed by atoms with Crippen LogP contribution in [-0.2, 0) is 14.6 Å². The molecule has 0 aliphatic heterocycles. The lowest BCUT2D eigenvalue weighted by Crippen LogP contribution is -2.13. The molecule has 2 aromatic carbocycles. The molecule has 1 heterocycles. The van der Waals surface area contributed by atoms with Gasteiger partial charge in [0.2, 0.25) is 19.3 Å². The minimum absolute atomic E-state index is 0.0410. The molecule has 37 heavy (non-hydrogen) atoms. The SMILES string of the molecule is CCOc1cc(C=C(C#N)C(=O)Nc2nnc(S(C)(=O)=O)s2)ccc1OCCOc1ccccc1OC. The van der Waals surface area contributed by atoms with E-state index in [1.807, 2.05) is 25.1 Å². The van der Waals surface area contributed by atoms with Crippen molar-refractivity contribution in [3.05, 3.63) is 53.6 Å². The average Bonchev–Trinajstić information content (AvgIpc) is 3.35. The fraction of sp³-hybridized carbons (Fsp3) is 0.250. The standard InChI is InChI=1S/C24H24N4O7S2/c1-4-33-21-14-16(9-10-20(21)35-12-11-34-19-8-6-5-7-18(19)32-2)13-17(15-25)22(29)26-23-27-28-24(36-23)37(3,30)31/h5-10,13-14H,4,11-12H2,1-3H3,(H,26,27,29). The van der Waals surface area contributed by atoms with Crippen molar-refractivity contribution in [3.63, 3.8) is 0 Å². The van der Waals surface area contributed by atoms with E-state index in [9.17, 15) is 18.5 Å². The first-order valence-electron chi connectivity index (χ1n) is 10.9. The van der Waals surface area contributed by atoms with E-state index in [1.54, 1.807) is 37.4 Å². The molecular formula is C24H24N4O7S2. The number of aromatic nitrogens is 2. The summed E-state index contributed by atoms with van der Waals surface area (Å²) < 4.78 is 45.3. The van der Waals surface area contributed by atoms with Gasteiger partial charge in [-0.05, 0) is 42.8 Å². The van der Waals surface area contributed by atoms with Crippen LogP contribution in [0.5, 0.6) is 23.0 Å². The van der Waals surface area contributed by atoms with Gasteiger partial charge in [0.15, 0.2) is 23.0 Å². The molecule has 0 spiro atoms. The second-order valence-corrected chi connectivity index (χ2v) is 10.4. The smallest absolute Gasteiger partial charge is 0.268 e. The van der Waals surface area contributed by atoms with Crippen molar-refractivity contribution in [1.29, 1.82) is 5.26 Å². The highest BCUT2D eigenvalue weighted by molar-refractivity contribution is 7.92. The topological polar surface area (TPSA) is 150 Å². The van der Waals surface area contributed by atoms with Gasteiger partial charge in [-0.1, -0.05) is 29.5 Å². The van der Waals surface area contributed by atoms with Crippen molar-refractivity contribution in [3.8, 4) is 29.1 Å². The summed E-state index contributed by atoms with van der Waals surface area (Å²) >= 11 is 0.691. The van der Waals surface area contributed by atoms with Crippen LogP contribution in [0.15, 0.2) is 52.4 Å². The summed E-state index contributed by atoms with van der Waals surface area (Å²) in [4.78, 5) is 12.5.